The molecule has 1 fully saturated rings. The average Bonchev–Trinajstić information content (AvgIpc) is 2.90. The van der Waals surface area contributed by atoms with Gasteiger partial charge in [-0.05, 0) is 43.4 Å². The Kier molecular flexibility index (Phi) is 15.0. The number of ether oxygens (including phenoxy) is 1. The Hall–Kier alpha value is -2.81. The van der Waals surface area contributed by atoms with Gasteiger partial charge in [0.2, 0.25) is 0 Å². The van der Waals surface area contributed by atoms with E-state index in [4.69, 9.17) is 9.84 Å². The van der Waals surface area contributed by atoms with Gasteiger partial charge >= 0.3 is 17.9 Å². The summed E-state index contributed by atoms with van der Waals surface area (Å²) in [5.74, 6) is -2.95. The van der Waals surface area contributed by atoms with Crippen molar-refractivity contribution in [2.24, 2.45) is 0 Å². The van der Waals surface area contributed by atoms with Crippen molar-refractivity contribution in [1.82, 2.24) is 20.0 Å². The van der Waals surface area contributed by atoms with Crippen LogP contribution in [-0.2, 0) is 20.8 Å². The van der Waals surface area contributed by atoms with E-state index in [9.17, 15) is 34.8 Å². The zero-order chi connectivity index (χ0) is 30.3. The maximum Gasteiger partial charge on any atom is 0.317 e. The van der Waals surface area contributed by atoms with Crippen molar-refractivity contribution in [3.8, 4) is 5.75 Å². The first-order chi connectivity index (χ1) is 19.6. The van der Waals surface area contributed by atoms with E-state index in [2.05, 4.69) is 5.32 Å². The number of unbranched alkanes of at least 4 members (excludes halogenated alkanes) is 2. The summed E-state index contributed by atoms with van der Waals surface area (Å²) in [6.07, 6.45) is 2.65. The fraction of sp³-hybridized carbons (Fsp3) is 0.679. The van der Waals surface area contributed by atoms with Crippen molar-refractivity contribution in [1.29, 1.82) is 0 Å². The molecular weight excluding hydrogens is 536 g/mol. The number of nitrogens with one attached hydrogen (secondary N) is 1. The monoisotopic (exact) mass is 582 g/mol. The first-order valence-corrected chi connectivity index (χ1v) is 14.3. The second-order valence-electron chi connectivity index (χ2n) is 10.4. The van der Waals surface area contributed by atoms with Crippen LogP contribution in [0, 0.1) is 0 Å². The third kappa shape index (κ3) is 11.9. The number of aryl methyl sites for hydroxylation is 1. The van der Waals surface area contributed by atoms with Crippen LogP contribution in [0.2, 0.25) is 0 Å². The molecule has 1 aliphatic heterocycles. The molecule has 2 unspecified atom stereocenters. The summed E-state index contributed by atoms with van der Waals surface area (Å²) in [5.41, 5.74) is -0.826. The lowest BCUT2D eigenvalue weighted by Gasteiger charge is -2.48. The van der Waals surface area contributed by atoms with Crippen molar-refractivity contribution in [2.75, 3.05) is 65.5 Å². The molecule has 232 valence electrons. The summed E-state index contributed by atoms with van der Waals surface area (Å²) in [6.45, 7) is 2.27. The Morgan fingerprint density at radius 3 is 2.17 bits per heavy atom. The zero-order valence-corrected chi connectivity index (χ0v) is 23.9. The molecule has 2 atom stereocenters. The van der Waals surface area contributed by atoms with Gasteiger partial charge in [-0.25, -0.2) is 0 Å². The molecule has 0 spiro atoms. The molecule has 1 saturated heterocycles. The molecule has 2 rings (SSSR count). The lowest BCUT2D eigenvalue weighted by atomic mass is 10.0. The minimum atomic E-state index is -1.88. The van der Waals surface area contributed by atoms with Crippen LogP contribution in [0.4, 0.5) is 0 Å². The van der Waals surface area contributed by atoms with E-state index in [0.717, 1.165) is 31.2 Å². The van der Waals surface area contributed by atoms with Gasteiger partial charge in [0, 0.05) is 45.9 Å². The smallest absolute Gasteiger partial charge is 0.317 e. The number of nitrogens with zero attached hydrogens (tertiary/aromatic N) is 3. The Morgan fingerprint density at radius 2 is 1.56 bits per heavy atom. The molecule has 6 N–H and O–H groups in total. The van der Waals surface area contributed by atoms with Crippen LogP contribution in [-0.4, -0.2) is 136 Å². The van der Waals surface area contributed by atoms with Gasteiger partial charge < -0.3 is 35.6 Å². The summed E-state index contributed by atoms with van der Waals surface area (Å²) >= 11 is 0. The number of carbonyl (C=O) groups is 3. The number of hydrogen-bond acceptors (Lipinski definition) is 10. The molecular formula is C28H46N4O9. The minimum absolute atomic E-state index is 0.0557. The Morgan fingerprint density at radius 1 is 0.902 bits per heavy atom. The van der Waals surface area contributed by atoms with Crippen LogP contribution < -0.4 is 10.1 Å². The number of aliphatic carboxylic acids is 3. The fourth-order valence-corrected chi connectivity index (χ4v) is 5.08. The Balaban J connectivity index is 2.49. The zero-order valence-electron chi connectivity index (χ0n) is 23.9. The first kappa shape index (κ1) is 34.4. The molecule has 41 heavy (non-hydrogen) atoms. The highest BCUT2D eigenvalue weighted by atomic mass is 16.5. The Bertz CT molecular complexity index is 949. The summed E-state index contributed by atoms with van der Waals surface area (Å²) in [6, 6.07) is 7.25. The SMILES string of the molecule is CCCC1(O)C(Oc2ccc(CCCCCO)cc2)N(CC(=O)O)CCN(CC(=O)O)CCNCCN1CC(=O)O. The standard InChI is InChI=1S/C28H46N4O9/c1-2-11-28(40)27(41-23-9-7-22(8-10-23)6-4-3-5-18-33)31(20-25(36)37)17-16-30(19-24(34)35)14-12-29-13-15-32(28)21-26(38)39/h7-10,27,29,33,40H,2-6,11-21H2,1H3,(H,34,35)(H,36,37)(H,38,39). The van der Waals surface area contributed by atoms with Crippen molar-refractivity contribution in [2.45, 2.75) is 57.4 Å². The Labute approximate surface area is 241 Å². The molecule has 0 amide bonds. The summed E-state index contributed by atoms with van der Waals surface area (Å²) in [7, 11) is 0. The van der Waals surface area contributed by atoms with Gasteiger partial charge in [0.05, 0.1) is 19.6 Å². The topological polar surface area (TPSA) is 183 Å². The average molecular weight is 583 g/mol. The molecule has 0 radical (unpaired) electrons. The molecule has 1 heterocycles. The van der Waals surface area contributed by atoms with Crippen LogP contribution in [0.25, 0.3) is 0 Å². The second kappa shape index (κ2) is 17.9. The van der Waals surface area contributed by atoms with Gasteiger partial charge in [0.15, 0.2) is 12.0 Å². The quantitative estimate of drug-likeness (QED) is 0.156. The van der Waals surface area contributed by atoms with Gasteiger partial charge in [-0.15, -0.1) is 0 Å². The fourth-order valence-electron chi connectivity index (χ4n) is 5.08. The lowest BCUT2D eigenvalue weighted by Crippen LogP contribution is -2.67. The van der Waals surface area contributed by atoms with Crippen LogP contribution in [0.3, 0.4) is 0 Å². The maximum absolute atomic E-state index is 12.2. The molecule has 0 saturated carbocycles. The van der Waals surface area contributed by atoms with Crippen molar-refractivity contribution < 1.29 is 44.7 Å². The van der Waals surface area contributed by atoms with E-state index in [1.165, 1.54) is 9.80 Å². The number of aliphatic hydroxyl groups is 2. The third-order valence-corrected chi connectivity index (χ3v) is 7.08. The van der Waals surface area contributed by atoms with Crippen LogP contribution in [0.5, 0.6) is 5.75 Å². The van der Waals surface area contributed by atoms with Crippen LogP contribution in [0.1, 0.15) is 44.6 Å². The van der Waals surface area contributed by atoms with Crippen LogP contribution in [0.15, 0.2) is 24.3 Å². The van der Waals surface area contributed by atoms with E-state index < -0.39 is 43.0 Å². The molecule has 1 aromatic carbocycles. The van der Waals surface area contributed by atoms with Crippen molar-refractivity contribution >= 4 is 17.9 Å². The molecule has 0 aromatic heterocycles. The van der Waals surface area contributed by atoms with E-state index in [1.807, 2.05) is 19.1 Å². The normalized spacial score (nSPS) is 22.0. The summed E-state index contributed by atoms with van der Waals surface area (Å²) < 4.78 is 6.36. The van der Waals surface area contributed by atoms with Crippen LogP contribution >= 0.6 is 0 Å². The largest absolute Gasteiger partial charge is 0.480 e. The summed E-state index contributed by atoms with van der Waals surface area (Å²) in [5, 5.41) is 53.3. The molecule has 1 aliphatic rings. The van der Waals surface area contributed by atoms with E-state index in [0.29, 0.717) is 31.8 Å². The molecule has 0 aliphatic carbocycles. The third-order valence-electron chi connectivity index (χ3n) is 7.08. The first-order valence-electron chi connectivity index (χ1n) is 14.3. The van der Waals surface area contributed by atoms with Gasteiger partial charge in [0.25, 0.3) is 0 Å². The van der Waals surface area contributed by atoms with E-state index in [-0.39, 0.29) is 39.2 Å². The highest BCUT2D eigenvalue weighted by molar-refractivity contribution is 5.70. The molecule has 13 heteroatoms. The molecule has 13 nitrogen and oxygen atoms in total. The van der Waals surface area contributed by atoms with Crippen molar-refractivity contribution in [3.05, 3.63) is 29.8 Å². The minimum Gasteiger partial charge on any atom is -0.480 e. The number of carboxylic acid groups (broad SMARTS) is 3. The number of carboxylic acids is 3. The number of benzene rings is 1. The van der Waals surface area contributed by atoms with Crippen molar-refractivity contribution in [3.63, 3.8) is 0 Å². The number of hydrogen-bond donors (Lipinski definition) is 6. The van der Waals surface area contributed by atoms with Gasteiger partial charge in [-0.2, -0.15) is 0 Å². The van der Waals surface area contributed by atoms with Gasteiger partial charge in [-0.3, -0.25) is 29.1 Å². The van der Waals surface area contributed by atoms with Gasteiger partial charge in [-0.1, -0.05) is 31.9 Å². The predicted octanol–water partition coefficient (Wildman–Crippen LogP) is 0.348. The van der Waals surface area contributed by atoms with E-state index >= 15 is 0 Å². The maximum atomic E-state index is 12.2. The highest BCUT2D eigenvalue weighted by Gasteiger charge is 2.47. The predicted molar refractivity (Wildman–Crippen MR) is 151 cm³/mol. The number of aliphatic hydroxyl groups excluding tert-OH is 1. The lowest BCUT2D eigenvalue weighted by molar-refractivity contribution is -0.223. The molecule has 1 aromatic rings. The summed E-state index contributed by atoms with van der Waals surface area (Å²) in [4.78, 5) is 39.9. The van der Waals surface area contributed by atoms with Gasteiger partial charge in [0.1, 0.15) is 5.75 Å². The molecule has 0 bridgehead atoms. The van der Waals surface area contributed by atoms with E-state index in [1.54, 1.807) is 17.0 Å². The highest BCUT2D eigenvalue weighted by Crippen LogP contribution is 2.30. The number of rotatable bonds is 15. The second-order valence-corrected chi connectivity index (χ2v) is 10.4.